The lowest BCUT2D eigenvalue weighted by Crippen LogP contribution is -2.44. The number of aromatic nitrogens is 4. The predicted molar refractivity (Wildman–Crippen MR) is 116 cm³/mol. The number of carbonyl (C=O) groups is 1. The summed E-state index contributed by atoms with van der Waals surface area (Å²) in [5, 5.41) is 8.69. The molecule has 1 fully saturated rings. The highest BCUT2D eigenvalue weighted by Gasteiger charge is 2.33. The van der Waals surface area contributed by atoms with Crippen LogP contribution in [0.15, 0.2) is 30.7 Å². The van der Waals surface area contributed by atoms with Crippen molar-refractivity contribution in [3.05, 3.63) is 47.7 Å². The van der Waals surface area contributed by atoms with Crippen molar-refractivity contribution in [1.82, 2.24) is 24.6 Å². The van der Waals surface area contributed by atoms with Crippen molar-refractivity contribution < 1.29 is 27.1 Å². The van der Waals surface area contributed by atoms with Gasteiger partial charge in [0.25, 0.3) is 5.91 Å². The van der Waals surface area contributed by atoms with Crippen LogP contribution in [0.2, 0.25) is 0 Å². The molecule has 0 saturated carbocycles. The monoisotopic (exact) mass is 497 g/mol. The molecule has 0 aliphatic carbocycles. The van der Waals surface area contributed by atoms with Gasteiger partial charge in [0.05, 0.1) is 35.5 Å². The van der Waals surface area contributed by atoms with Gasteiger partial charge >= 0.3 is 6.18 Å². The highest BCUT2D eigenvalue weighted by molar-refractivity contribution is 7.10. The summed E-state index contributed by atoms with van der Waals surface area (Å²) in [5.41, 5.74) is -0.149. The quantitative estimate of drug-likeness (QED) is 0.442. The number of halogens is 4. The number of carbonyl (C=O) groups excluding carboxylic acids is 1. The lowest BCUT2D eigenvalue weighted by atomic mass is 10.1. The van der Waals surface area contributed by atoms with E-state index in [2.05, 4.69) is 35.3 Å². The Morgan fingerprint density at radius 3 is 2.68 bits per heavy atom. The van der Waals surface area contributed by atoms with Crippen molar-refractivity contribution in [3.63, 3.8) is 0 Å². The average molecular weight is 497 g/mol. The SMILES string of the molecule is Cc1nsc(Nc2cnc(C(F)(F)F)cn2)c1C(=O)Nc1ccc(O[C@H]2CCNC[C@@H]2F)nc1. The van der Waals surface area contributed by atoms with Crippen LogP contribution < -0.4 is 20.7 Å². The topological polar surface area (TPSA) is 114 Å². The fourth-order valence-electron chi connectivity index (χ4n) is 3.18. The zero-order valence-corrected chi connectivity index (χ0v) is 18.5. The Bertz CT molecular complexity index is 1140. The lowest BCUT2D eigenvalue weighted by Gasteiger charge is -2.26. The third-order valence-electron chi connectivity index (χ3n) is 4.89. The number of aryl methyl sites for hydroxylation is 1. The van der Waals surface area contributed by atoms with Crippen LogP contribution in [-0.4, -0.2) is 50.6 Å². The number of pyridine rings is 1. The van der Waals surface area contributed by atoms with Crippen LogP contribution in [-0.2, 0) is 6.18 Å². The van der Waals surface area contributed by atoms with Gasteiger partial charge in [-0.1, -0.05) is 0 Å². The molecule has 2 atom stereocenters. The van der Waals surface area contributed by atoms with Crippen LogP contribution in [0.25, 0.3) is 0 Å². The van der Waals surface area contributed by atoms with Gasteiger partial charge < -0.3 is 20.7 Å². The molecule has 34 heavy (non-hydrogen) atoms. The van der Waals surface area contributed by atoms with E-state index in [1.54, 1.807) is 13.0 Å². The van der Waals surface area contributed by atoms with E-state index in [4.69, 9.17) is 4.74 Å². The minimum Gasteiger partial charge on any atom is -0.471 e. The normalized spacial score (nSPS) is 18.4. The van der Waals surface area contributed by atoms with Gasteiger partial charge in [0.1, 0.15) is 23.1 Å². The molecule has 0 spiro atoms. The minimum absolute atomic E-state index is 0.0259. The maximum atomic E-state index is 13.9. The zero-order valence-electron chi connectivity index (χ0n) is 17.7. The Morgan fingerprint density at radius 2 is 2.03 bits per heavy atom. The van der Waals surface area contributed by atoms with Crippen molar-refractivity contribution in [2.75, 3.05) is 23.7 Å². The molecule has 3 aromatic rings. The second-order valence-electron chi connectivity index (χ2n) is 7.39. The Labute approximate surface area is 195 Å². The molecule has 0 bridgehead atoms. The van der Waals surface area contributed by atoms with Gasteiger partial charge in [-0.15, -0.1) is 0 Å². The van der Waals surface area contributed by atoms with Crippen LogP contribution >= 0.6 is 11.5 Å². The van der Waals surface area contributed by atoms with Crippen molar-refractivity contribution in [1.29, 1.82) is 0 Å². The predicted octanol–water partition coefficient (Wildman–Crippen LogP) is 3.73. The van der Waals surface area contributed by atoms with Crippen LogP contribution in [0, 0.1) is 6.92 Å². The number of amides is 1. The molecule has 4 rings (SSSR count). The average Bonchev–Trinajstić information content (AvgIpc) is 3.16. The molecule has 1 amide bonds. The van der Waals surface area contributed by atoms with Crippen LogP contribution in [0.4, 0.5) is 34.1 Å². The zero-order chi connectivity index (χ0) is 24.3. The summed E-state index contributed by atoms with van der Waals surface area (Å²) in [7, 11) is 0. The molecule has 1 aliphatic heterocycles. The van der Waals surface area contributed by atoms with Gasteiger partial charge in [-0.2, -0.15) is 17.5 Å². The summed E-state index contributed by atoms with van der Waals surface area (Å²) >= 11 is 0.953. The second kappa shape index (κ2) is 9.85. The van der Waals surface area contributed by atoms with Crippen LogP contribution in [0.3, 0.4) is 0 Å². The first-order valence-electron chi connectivity index (χ1n) is 10.1. The number of alkyl halides is 4. The molecule has 3 N–H and O–H groups in total. The molecular weight excluding hydrogens is 478 g/mol. The number of rotatable bonds is 6. The fourth-order valence-corrected chi connectivity index (χ4v) is 3.98. The summed E-state index contributed by atoms with van der Waals surface area (Å²) in [6.07, 6.45) is -2.91. The summed E-state index contributed by atoms with van der Waals surface area (Å²) < 4.78 is 61.6. The van der Waals surface area contributed by atoms with E-state index in [0.29, 0.717) is 30.5 Å². The van der Waals surface area contributed by atoms with Gasteiger partial charge in [0, 0.05) is 12.6 Å². The number of nitrogens with one attached hydrogen (secondary N) is 3. The summed E-state index contributed by atoms with van der Waals surface area (Å²) in [4.78, 5) is 24.0. The Hall–Kier alpha value is -3.39. The van der Waals surface area contributed by atoms with Gasteiger partial charge in [0.2, 0.25) is 5.88 Å². The van der Waals surface area contributed by atoms with Gasteiger partial charge in [0.15, 0.2) is 5.69 Å². The Kier molecular flexibility index (Phi) is 6.88. The van der Waals surface area contributed by atoms with E-state index in [1.807, 2.05) is 0 Å². The first-order valence-corrected chi connectivity index (χ1v) is 10.9. The third kappa shape index (κ3) is 5.56. The Morgan fingerprint density at radius 1 is 1.21 bits per heavy atom. The van der Waals surface area contributed by atoms with Gasteiger partial charge in [-0.05, 0) is 37.5 Å². The Balaban J connectivity index is 1.42. The number of nitrogens with zero attached hydrogens (tertiary/aromatic N) is 4. The maximum Gasteiger partial charge on any atom is 0.434 e. The molecule has 1 saturated heterocycles. The molecule has 14 heteroatoms. The van der Waals surface area contributed by atoms with Crippen LogP contribution in [0.5, 0.6) is 5.88 Å². The molecule has 180 valence electrons. The minimum atomic E-state index is -4.60. The number of ether oxygens (including phenoxy) is 1. The van der Waals surface area contributed by atoms with Crippen molar-refractivity contribution in [3.8, 4) is 5.88 Å². The van der Waals surface area contributed by atoms with Crippen molar-refractivity contribution in [2.45, 2.75) is 31.8 Å². The molecule has 0 aromatic carbocycles. The molecule has 0 radical (unpaired) electrons. The molecule has 9 nitrogen and oxygen atoms in total. The highest BCUT2D eigenvalue weighted by atomic mass is 32.1. The third-order valence-corrected chi connectivity index (χ3v) is 5.74. The molecular formula is C20H19F4N7O2S. The second-order valence-corrected chi connectivity index (χ2v) is 8.16. The van der Waals surface area contributed by atoms with Crippen LogP contribution in [0.1, 0.15) is 28.2 Å². The van der Waals surface area contributed by atoms with Crippen molar-refractivity contribution >= 4 is 33.9 Å². The molecule has 1 aliphatic rings. The first kappa shape index (κ1) is 23.8. The number of anilines is 3. The smallest absolute Gasteiger partial charge is 0.434 e. The van der Waals surface area contributed by atoms with E-state index in [1.165, 1.54) is 12.3 Å². The fraction of sp³-hybridized carbons (Fsp3) is 0.350. The maximum absolute atomic E-state index is 13.9. The van der Waals surface area contributed by atoms with E-state index in [9.17, 15) is 22.4 Å². The molecule has 0 unspecified atom stereocenters. The van der Waals surface area contributed by atoms with Crippen molar-refractivity contribution in [2.24, 2.45) is 0 Å². The largest absolute Gasteiger partial charge is 0.471 e. The summed E-state index contributed by atoms with van der Waals surface area (Å²) in [6.45, 7) is 2.50. The number of hydrogen-bond donors (Lipinski definition) is 3. The lowest BCUT2D eigenvalue weighted by molar-refractivity contribution is -0.141. The van der Waals surface area contributed by atoms with Gasteiger partial charge in [-0.3, -0.25) is 4.79 Å². The standard InChI is InChI=1S/C20H19F4N7O2S/c1-10-17(19(34-31-10)30-15-9-26-14(8-27-15)20(22,23)24)18(32)29-11-2-3-16(28-6-11)33-13-4-5-25-7-12(13)21/h2-3,6,8-9,12-13,25H,4-5,7H2,1H3,(H,27,30)(H,29,32)/t12-,13-/m0/s1. The highest BCUT2D eigenvalue weighted by Crippen LogP contribution is 2.30. The van der Waals surface area contributed by atoms with E-state index in [-0.39, 0.29) is 28.8 Å². The number of piperidine rings is 1. The van der Waals surface area contributed by atoms with E-state index < -0.39 is 30.1 Å². The number of hydrogen-bond acceptors (Lipinski definition) is 9. The molecule has 4 heterocycles. The molecule has 3 aromatic heterocycles. The summed E-state index contributed by atoms with van der Waals surface area (Å²) in [5.74, 6) is -0.242. The van der Waals surface area contributed by atoms with E-state index in [0.717, 1.165) is 17.7 Å². The summed E-state index contributed by atoms with van der Waals surface area (Å²) in [6, 6.07) is 3.10. The van der Waals surface area contributed by atoms with Gasteiger partial charge in [-0.25, -0.2) is 19.3 Å². The van der Waals surface area contributed by atoms with E-state index >= 15 is 0 Å². The first-order chi connectivity index (χ1) is 16.2.